The van der Waals surface area contributed by atoms with Crippen molar-refractivity contribution in [2.24, 2.45) is 5.14 Å². The molecule has 0 fully saturated rings. The number of primary sulfonamides is 1. The molecule has 1 aromatic rings. The van der Waals surface area contributed by atoms with E-state index in [1.807, 2.05) is 0 Å². The molecule has 0 saturated carbocycles. The third-order valence-corrected chi connectivity index (χ3v) is 2.79. The van der Waals surface area contributed by atoms with E-state index in [2.05, 4.69) is 4.98 Å². The first-order valence-electron chi connectivity index (χ1n) is 2.91. The van der Waals surface area contributed by atoms with Gasteiger partial charge < -0.3 is 0 Å². The van der Waals surface area contributed by atoms with Crippen LogP contribution >= 0.6 is 11.3 Å². The molecule has 0 aromatic carbocycles. The number of carbonyl (C=O) groups excluding carboxylic acids is 1. The Labute approximate surface area is 73.3 Å². The fourth-order valence-corrected chi connectivity index (χ4v) is 2.30. The summed E-state index contributed by atoms with van der Waals surface area (Å²) in [5.41, 5.74) is 0. The molecule has 1 aromatic heterocycles. The number of hydrogen-bond acceptors (Lipinski definition) is 5. The molecular weight excluding hydrogens is 200 g/mol. The van der Waals surface area contributed by atoms with Crippen LogP contribution < -0.4 is 5.14 Å². The summed E-state index contributed by atoms with van der Waals surface area (Å²) in [6.07, 6.45) is 1.93. The van der Waals surface area contributed by atoms with Gasteiger partial charge in [0.25, 0.3) is 0 Å². The van der Waals surface area contributed by atoms with Crippen LogP contribution in [0.5, 0.6) is 0 Å². The minimum Gasteiger partial charge on any atom is -0.297 e. The van der Waals surface area contributed by atoms with Crippen LogP contribution in [0.15, 0.2) is 6.20 Å². The molecule has 0 amide bonds. The first kappa shape index (κ1) is 9.30. The highest BCUT2D eigenvalue weighted by atomic mass is 32.2. The second-order valence-electron chi connectivity index (χ2n) is 2.08. The van der Waals surface area contributed by atoms with Gasteiger partial charge in [0.2, 0.25) is 10.0 Å². The molecule has 0 aliphatic rings. The van der Waals surface area contributed by atoms with E-state index in [4.69, 9.17) is 5.14 Å². The highest BCUT2D eigenvalue weighted by Gasteiger charge is 2.08. The second-order valence-corrected chi connectivity index (χ2v) is 4.84. The first-order chi connectivity index (χ1) is 5.51. The Morgan fingerprint density at radius 2 is 2.33 bits per heavy atom. The van der Waals surface area contributed by atoms with E-state index in [1.165, 1.54) is 6.20 Å². The number of rotatable bonds is 3. The van der Waals surface area contributed by atoms with Crippen LogP contribution in [0.3, 0.4) is 0 Å². The van der Waals surface area contributed by atoms with Gasteiger partial charge in [-0.15, -0.1) is 11.3 Å². The molecule has 1 heterocycles. The van der Waals surface area contributed by atoms with E-state index in [1.54, 1.807) is 0 Å². The van der Waals surface area contributed by atoms with Gasteiger partial charge in [0.1, 0.15) is 10.8 Å². The maximum Gasteiger partial charge on any atom is 0.215 e. The predicted molar refractivity (Wildman–Crippen MR) is 44.3 cm³/mol. The summed E-state index contributed by atoms with van der Waals surface area (Å²) in [5, 5.41) is 5.10. The van der Waals surface area contributed by atoms with Gasteiger partial charge in [0, 0.05) is 6.20 Å². The quantitative estimate of drug-likeness (QED) is 0.690. The summed E-state index contributed by atoms with van der Waals surface area (Å²) >= 11 is 1.02. The van der Waals surface area contributed by atoms with Crippen molar-refractivity contribution in [1.29, 1.82) is 0 Å². The van der Waals surface area contributed by atoms with Gasteiger partial charge in [-0.1, -0.05) is 0 Å². The predicted octanol–water partition coefficient (Wildman–Crippen LogP) is -0.256. The molecule has 0 bridgehead atoms. The van der Waals surface area contributed by atoms with Gasteiger partial charge in [0.15, 0.2) is 6.29 Å². The smallest absolute Gasteiger partial charge is 0.215 e. The zero-order chi connectivity index (χ0) is 9.19. The minimum atomic E-state index is -3.54. The molecule has 0 aliphatic heterocycles. The molecule has 7 heteroatoms. The zero-order valence-electron chi connectivity index (χ0n) is 5.93. The molecule has 0 spiro atoms. The van der Waals surface area contributed by atoms with Crippen molar-refractivity contribution in [2.75, 3.05) is 0 Å². The van der Waals surface area contributed by atoms with Gasteiger partial charge in [-0.3, -0.25) is 4.79 Å². The Kier molecular flexibility index (Phi) is 2.55. The number of aldehydes is 1. The molecule has 2 N–H and O–H groups in total. The average Bonchev–Trinajstić information content (AvgIpc) is 2.32. The Balaban J connectivity index is 2.84. The highest BCUT2D eigenvalue weighted by Crippen LogP contribution is 2.12. The summed E-state index contributed by atoms with van der Waals surface area (Å²) < 4.78 is 21.1. The van der Waals surface area contributed by atoms with Gasteiger partial charge in [0.05, 0.1) is 4.88 Å². The molecular formula is C5H6N2O3S2. The lowest BCUT2D eigenvalue weighted by molar-refractivity contribution is 0.112. The molecule has 0 unspecified atom stereocenters. The normalized spacial score (nSPS) is 11.4. The van der Waals surface area contributed by atoms with Crippen LogP contribution in [0.4, 0.5) is 0 Å². The summed E-state index contributed by atoms with van der Waals surface area (Å²) in [4.78, 5) is 14.3. The molecule has 0 aliphatic carbocycles. The van der Waals surface area contributed by atoms with Crippen molar-refractivity contribution >= 4 is 27.6 Å². The third kappa shape index (κ3) is 2.68. The number of hydrogen-bond donors (Lipinski definition) is 1. The van der Waals surface area contributed by atoms with E-state index in [9.17, 15) is 13.2 Å². The van der Waals surface area contributed by atoms with Crippen molar-refractivity contribution < 1.29 is 13.2 Å². The Morgan fingerprint density at radius 1 is 1.67 bits per heavy atom. The number of carbonyl (C=O) groups is 1. The number of thiazole rings is 1. The van der Waals surface area contributed by atoms with Crippen LogP contribution in [0.25, 0.3) is 0 Å². The van der Waals surface area contributed by atoms with E-state index in [0.29, 0.717) is 16.2 Å². The van der Waals surface area contributed by atoms with Crippen LogP contribution in [0, 0.1) is 0 Å². The Hall–Kier alpha value is -0.790. The molecule has 0 atom stereocenters. The van der Waals surface area contributed by atoms with Gasteiger partial charge >= 0.3 is 0 Å². The SMILES string of the molecule is NS(=O)(=O)Cc1ncc(C=O)s1. The van der Waals surface area contributed by atoms with E-state index < -0.39 is 10.0 Å². The lowest BCUT2D eigenvalue weighted by Crippen LogP contribution is -2.14. The van der Waals surface area contributed by atoms with Crippen LogP contribution in [0.1, 0.15) is 14.7 Å². The van der Waals surface area contributed by atoms with Crippen LogP contribution in [-0.4, -0.2) is 19.7 Å². The average molecular weight is 206 g/mol. The number of sulfonamides is 1. The van der Waals surface area contributed by atoms with Crippen LogP contribution in [0.2, 0.25) is 0 Å². The summed E-state index contributed by atoms with van der Waals surface area (Å²) in [5.74, 6) is -0.314. The van der Waals surface area contributed by atoms with Gasteiger partial charge in [-0.25, -0.2) is 18.5 Å². The number of aromatic nitrogens is 1. The lowest BCUT2D eigenvalue weighted by atomic mass is 10.6. The highest BCUT2D eigenvalue weighted by molar-refractivity contribution is 7.88. The van der Waals surface area contributed by atoms with Gasteiger partial charge in [-0.05, 0) is 0 Å². The number of nitrogens with zero attached hydrogens (tertiary/aromatic N) is 1. The Bertz CT molecular complexity index is 381. The van der Waals surface area contributed by atoms with E-state index >= 15 is 0 Å². The maximum absolute atomic E-state index is 10.6. The molecule has 0 radical (unpaired) electrons. The second kappa shape index (κ2) is 3.30. The van der Waals surface area contributed by atoms with E-state index in [-0.39, 0.29) is 5.75 Å². The van der Waals surface area contributed by atoms with E-state index in [0.717, 1.165) is 11.3 Å². The van der Waals surface area contributed by atoms with Crippen molar-refractivity contribution in [3.05, 3.63) is 16.1 Å². The summed E-state index contributed by atoms with van der Waals surface area (Å²) in [7, 11) is -3.54. The molecule has 1 rings (SSSR count). The maximum atomic E-state index is 10.6. The fourth-order valence-electron chi connectivity index (χ4n) is 0.618. The summed E-state index contributed by atoms with van der Waals surface area (Å²) in [6.45, 7) is 0. The topological polar surface area (TPSA) is 90.1 Å². The standard InChI is InChI=1S/C5H6N2O3S2/c6-12(9,10)3-5-7-1-4(2-8)11-5/h1-2H,3H2,(H2,6,9,10). The number of nitrogens with two attached hydrogens (primary N) is 1. The Morgan fingerprint density at radius 3 is 2.75 bits per heavy atom. The summed E-state index contributed by atoms with van der Waals surface area (Å²) in [6, 6.07) is 0. The largest absolute Gasteiger partial charge is 0.297 e. The van der Waals surface area contributed by atoms with Crippen molar-refractivity contribution in [3.63, 3.8) is 0 Å². The molecule has 0 saturated heterocycles. The van der Waals surface area contributed by atoms with Crippen molar-refractivity contribution in [3.8, 4) is 0 Å². The molecule has 5 nitrogen and oxygen atoms in total. The van der Waals surface area contributed by atoms with Gasteiger partial charge in [-0.2, -0.15) is 0 Å². The molecule has 66 valence electrons. The third-order valence-electron chi connectivity index (χ3n) is 1.01. The zero-order valence-corrected chi connectivity index (χ0v) is 7.56. The first-order valence-corrected chi connectivity index (χ1v) is 5.45. The molecule has 12 heavy (non-hydrogen) atoms. The van der Waals surface area contributed by atoms with Crippen molar-refractivity contribution in [1.82, 2.24) is 4.98 Å². The fraction of sp³-hybridized carbons (Fsp3) is 0.200. The monoisotopic (exact) mass is 206 g/mol. The van der Waals surface area contributed by atoms with Crippen molar-refractivity contribution in [2.45, 2.75) is 5.75 Å². The lowest BCUT2D eigenvalue weighted by Gasteiger charge is -1.90. The minimum absolute atomic E-state index is 0.314. The van der Waals surface area contributed by atoms with Crippen LogP contribution in [-0.2, 0) is 15.8 Å².